The van der Waals surface area contributed by atoms with Crippen LogP contribution in [0.3, 0.4) is 0 Å². The second-order valence-corrected chi connectivity index (χ2v) is 7.02. The molecule has 0 saturated carbocycles. The van der Waals surface area contributed by atoms with Gasteiger partial charge in [-0.2, -0.15) is 5.26 Å². The van der Waals surface area contributed by atoms with Crippen molar-refractivity contribution in [1.29, 1.82) is 5.26 Å². The Morgan fingerprint density at radius 3 is 2.71 bits per heavy atom. The number of benzene rings is 1. The fraction of sp³-hybridized carbons (Fsp3) is 0.188. The van der Waals surface area contributed by atoms with E-state index in [1.54, 1.807) is 11.3 Å². The van der Waals surface area contributed by atoms with Crippen LogP contribution in [0.2, 0.25) is 0 Å². The van der Waals surface area contributed by atoms with Gasteiger partial charge >= 0.3 is 0 Å². The van der Waals surface area contributed by atoms with Crippen molar-refractivity contribution in [3.63, 3.8) is 0 Å². The number of thioether (sulfide) groups is 1. The Hall–Kier alpha value is -1.90. The SMILES string of the molecule is Cc1nc(S[C@@H](C)C#N)c2cc(-c3ccccc3)sc2n1. The van der Waals surface area contributed by atoms with Crippen molar-refractivity contribution in [3.05, 3.63) is 42.2 Å². The van der Waals surface area contributed by atoms with Crippen molar-refractivity contribution < 1.29 is 0 Å². The third-order valence-corrected chi connectivity index (χ3v) is 5.07. The summed E-state index contributed by atoms with van der Waals surface area (Å²) in [7, 11) is 0. The van der Waals surface area contributed by atoms with Crippen LogP contribution in [-0.4, -0.2) is 15.2 Å². The quantitative estimate of drug-likeness (QED) is 0.521. The molecule has 3 aromatic rings. The molecule has 5 heteroatoms. The largest absolute Gasteiger partial charge is 0.226 e. The molecule has 104 valence electrons. The highest BCUT2D eigenvalue weighted by Crippen LogP contribution is 2.37. The zero-order valence-electron chi connectivity index (χ0n) is 11.7. The molecule has 3 rings (SSSR count). The maximum absolute atomic E-state index is 9.01. The first kappa shape index (κ1) is 14.1. The molecule has 0 N–H and O–H groups in total. The van der Waals surface area contributed by atoms with Crippen molar-refractivity contribution in [1.82, 2.24) is 9.97 Å². The van der Waals surface area contributed by atoms with E-state index in [2.05, 4.69) is 34.2 Å². The Labute approximate surface area is 131 Å². The minimum absolute atomic E-state index is 0.123. The molecule has 3 nitrogen and oxygen atoms in total. The van der Waals surface area contributed by atoms with E-state index in [1.165, 1.54) is 22.2 Å². The minimum Gasteiger partial charge on any atom is -0.226 e. The number of aromatic nitrogens is 2. The Morgan fingerprint density at radius 1 is 1.24 bits per heavy atom. The Kier molecular flexibility index (Phi) is 3.91. The number of hydrogen-bond acceptors (Lipinski definition) is 5. The number of fused-ring (bicyclic) bond motifs is 1. The molecule has 0 aliphatic carbocycles. The summed E-state index contributed by atoms with van der Waals surface area (Å²) in [6, 6.07) is 14.6. The molecule has 0 spiro atoms. The molecule has 0 aliphatic rings. The van der Waals surface area contributed by atoms with Gasteiger partial charge in [0, 0.05) is 10.3 Å². The van der Waals surface area contributed by atoms with E-state index in [0.29, 0.717) is 0 Å². The molecule has 0 aliphatic heterocycles. The van der Waals surface area contributed by atoms with Crippen LogP contribution < -0.4 is 0 Å². The van der Waals surface area contributed by atoms with Crippen molar-refractivity contribution in [2.24, 2.45) is 0 Å². The molecular weight excluding hydrogens is 298 g/mol. The van der Waals surface area contributed by atoms with E-state index in [9.17, 15) is 0 Å². The van der Waals surface area contributed by atoms with Crippen molar-refractivity contribution in [3.8, 4) is 16.5 Å². The third-order valence-electron chi connectivity index (χ3n) is 3.00. The van der Waals surface area contributed by atoms with Crippen LogP contribution in [-0.2, 0) is 0 Å². The molecule has 0 saturated heterocycles. The summed E-state index contributed by atoms with van der Waals surface area (Å²) in [4.78, 5) is 11.2. The number of nitrogens with zero attached hydrogens (tertiary/aromatic N) is 3. The van der Waals surface area contributed by atoms with E-state index in [4.69, 9.17) is 5.26 Å². The monoisotopic (exact) mass is 311 g/mol. The van der Waals surface area contributed by atoms with Gasteiger partial charge in [-0.3, -0.25) is 0 Å². The van der Waals surface area contributed by atoms with Gasteiger partial charge in [0.15, 0.2) is 0 Å². The summed E-state index contributed by atoms with van der Waals surface area (Å²) in [5.74, 6) is 0.747. The van der Waals surface area contributed by atoms with Crippen LogP contribution in [0.15, 0.2) is 41.4 Å². The molecule has 0 unspecified atom stereocenters. The molecule has 0 fully saturated rings. The second-order valence-electron chi connectivity index (χ2n) is 4.66. The third kappa shape index (κ3) is 2.92. The molecule has 1 atom stereocenters. The lowest BCUT2D eigenvalue weighted by Gasteiger charge is -2.04. The zero-order valence-corrected chi connectivity index (χ0v) is 13.3. The van der Waals surface area contributed by atoms with Crippen LogP contribution in [0, 0.1) is 18.3 Å². The average molecular weight is 311 g/mol. The van der Waals surface area contributed by atoms with Gasteiger partial charge in [-0.15, -0.1) is 11.3 Å². The predicted molar refractivity (Wildman–Crippen MR) is 88.5 cm³/mol. The standard InChI is InChI=1S/C16H13N3S2/c1-10(9-17)20-15-13-8-14(12-6-4-3-5-7-12)21-16(13)19-11(2)18-15/h3-8,10H,1-2H3/t10-/m0/s1. The summed E-state index contributed by atoms with van der Waals surface area (Å²) in [6.45, 7) is 3.78. The lowest BCUT2D eigenvalue weighted by molar-refractivity contribution is 1.01. The van der Waals surface area contributed by atoms with Gasteiger partial charge in [-0.05, 0) is 25.5 Å². The number of nitriles is 1. The van der Waals surface area contributed by atoms with Crippen LogP contribution in [0.4, 0.5) is 0 Å². The molecule has 21 heavy (non-hydrogen) atoms. The number of rotatable bonds is 3. The van der Waals surface area contributed by atoms with Crippen LogP contribution in [0.1, 0.15) is 12.7 Å². The molecule has 2 aromatic heterocycles. The summed E-state index contributed by atoms with van der Waals surface area (Å²) in [5.41, 5.74) is 1.18. The Bertz CT molecular complexity index is 819. The summed E-state index contributed by atoms with van der Waals surface area (Å²) < 4.78 is 0. The molecule has 0 amide bonds. The Morgan fingerprint density at radius 2 is 2.00 bits per heavy atom. The predicted octanol–water partition coefficient (Wildman–Crippen LogP) is 4.67. The van der Waals surface area contributed by atoms with E-state index >= 15 is 0 Å². The Balaban J connectivity index is 2.13. The number of hydrogen-bond donors (Lipinski definition) is 0. The fourth-order valence-corrected chi connectivity index (χ4v) is 4.03. The highest BCUT2D eigenvalue weighted by Gasteiger charge is 2.14. The van der Waals surface area contributed by atoms with Gasteiger partial charge in [0.05, 0.1) is 11.3 Å². The molecular formula is C16H13N3S2. The maximum Gasteiger partial charge on any atom is 0.128 e. The molecule has 2 heterocycles. The summed E-state index contributed by atoms with van der Waals surface area (Å²) in [5, 5.41) is 10.8. The van der Waals surface area contributed by atoms with Gasteiger partial charge in [0.2, 0.25) is 0 Å². The highest BCUT2D eigenvalue weighted by molar-refractivity contribution is 8.00. The zero-order chi connectivity index (χ0) is 14.8. The fourth-order valence-electron chi connectivity index (χ4n) is 2.03. The smallest absolute Gasteiger partial charge is 0.128 e. The number of thiophene rings is 1. The number of aryl methyl sites for hydroxylation is 1. The summed E-state index contributed by atoms with van der Waals surface area (Å²) >= 11 is 3.16. The maximum atomic E-state index is 9.01. The molecule has 1 aromatic carbocycles. The minimum atomic E-state index is -0.123. The summed E-state index contributed by atoms with van der Waals surface area (Å²) in [6.07, 6.45) is 0. The van der Waals surface area contributed by atoms with E-state index in [1.807, 2.05) is 32.0 Å². The van der Waals surface area contributed by atoms with E-state index in [-0.39, 0.29) is 5.25 Å². The van der Waals surface area contributed by atoms with Crippen molar-refractivity contribution in [2.45, 2.75) is 24.1 Å². The van der Waals surface area contributed by atoms with Crippen LogP contribution >= 0.6 is 23.1 Å². The van der Waals surface area contributed by atoms with Gasteiger partial charge in [-0.25, -0.2) is 9.97 Å². The normalized spacial score (nSPS) is 12.2. The average Bonchev–Trinajstić information content (AvgIpc) is 2.92. The van der Waals surface area contributed by atoms with Gasteiger partial charge < -0.3 is 0 Å². The van der Waals surface area contributed by atoms with E-state index in [0.717, 1.165) is 21.1 Å². The lowest BCUT2D eigenvalue weighted by atomic mass is 10.2. The van der Waals surface area contributed by atoms with Gasteiger partial charge in [-0.1, -0.05) is 42.1 Å². The van der Waals surface area contributed by atoms with Crippen LogP contribution in [0.5, 0.6) is 0 Å². The first-order chi connectivity index (χ1) is 10.2. The topological polar surface area (TPSA) is 49.6 Å². The van der Waals surface area contributed by atoms with Gasteiger partial charge in [0.25, 0.3) is 0 Å². The second kappa shape index (κ2) is 5.84. The molecule has 0 bridgehead atoms. The molecule has 0 radical (unpaired) electrons. The lowest BCUT2D eigenvalue weighted by Crippen LogP contribution is -1.95. The highest BCUT2D eigenvalue weighted by atomic mass is 32.2. The van der Waals surface area contributed by atoms with E-state index < -0.39 is 0 Å². The van der Waals surface area contributed by atoms with Crippen molar-refractivity contribution in [2.75, 3.05) is 0 Å². The first-order valence-corrected chi connectivity index (χ1v) is 8.27. The van der Waals surface area contributed by atoms with Crippen LogP contribution in [0.25, 0.3) is 20.7 Å². The van der Waals surface area contributed by atoms with Crippen molar-refractivity contribution >= 4 is 33.3 Å². The van der Waals surface area contributed by atoms with Gasteiger partial charge in [0.1, 0.15) is 15.7 Å². The first-order valence-electron chi connectivity index (χ1n) is 6.57.